The molecule has 1 heterocycles. The summed E-state index contributed by atoms with van der Waals surface area (Å²) in [5.74, 6) is 0.0934. The highest BCUT2D eigenvalue weighted by Crippen LogP contribution is 2.18. The first-order chi connectivity index (χ1) is 7.58. The molecular formula is C11H19N3O2. The molecular weight excluding hydrogens is 206 g/mol. The van der Waals surface area contributed by atoms with Gasteiger partial charge >= 0.3 is 0 Å². The lowest BCUT2D eigenvalue weighted by Crippen LogP contribution is -2.49. The van der Waals surface area contributed by atoms with Gasteiger partial charge < -0.3 is 10.2 Å². The maximum Gasteiger partial charge on any atom is 0.239 e. The maximum atomic E-state index is 11.7. The van der Waals surface area contributed by atoms with Crippen molar-refractivity contribution in [3.63, 3.8) is 0 Å². The third-order valence-corrected chi connectivity index (χ3v) is 3.20. The molecule has 0 spiro atoms. The van der Waals surface area contributed by atoms with Crippen molar-refractivity contribution < 1.29 is 9.59 Å². The van der Waals surface area contributed by atoms with Crippen molar-refractivity contribution in [2.24, 2.45) is 0 Å². The first-order valence-electron chi connectivity index (χ1n) is 5.89. The van der Waals surface area contributed by atoms with Crippen LogP contribution in [-0.4, -0.2) is 48.4 Å². The third kappa shape index (κ3) is 2.52. The summed E-state index contributed by atoms with van der Waals surface area (Å²) < 4.78 is 0. The quantitative estimate of drug-likeness (QED) is 0.676. The standard InChI is InChI=1S/C11H19N3O2/c1-7(10(15)13-8-3-4-8)12-9-5-6-14(2)11(9)16/h7-9,12H,3-6H2,1-2H3,(H,13,15). The molecule has 0 radical (unpaired) electrons. The number of nitrogens with one attached hydrogen (secondary N) is 2. The van der Waals surface area contributed by atoms with Crippen LogP contribution in [0.15, 0.2) is 0 Å². The van der Waals surface area contributed by atoms with Crippen LogP contribution in [0, 0.1) is 0 Å². The lowest BCUT2D eigenvalue weighted by atomic mass is 10.2. The maximum absolute atomic E-state index is 11.7. The highest BCUT2D eigenvalue weighted by Gasteiger charge is 2.32. The van der Waals surface area contributed by atoms with E-state index in [1.807, 2.05) is 6.92 Å². The molecule has 5 nitrogen and oxygen atoms in total. The summed E-state index contributed by atoms with van der Waals surface area (Å²) >= 11 is 0. The molecule has 0 aromatic rings. The second-order valence-electron chi connectivity index (χ2n) is 4.77. The number of likely N-dealkylation sites (tertiary alicyclic amines) is 1. The Bertz CT molecular complexity index is 302. The van der Waals surface area contributed by atoms with Crippen LogP contribution in [0.2, 0.25) is 0 Å². The molecule has 2 N–H and O–H groups in total. The smallest absolute Gasteiger partial charge is 0.239 e. The van der Waals surface area contributed by atoms with E-state index in [9.17, 15) is 9.59 Å². The van der Waals surface area contributed by atoms with Gasteiger partial charge in [0.15, 0.2) is 0 Å². The predicted octanol–water partition coefficient (Wildman–Crippen LogP) is -0.526. The van der Waals surface area contributed by atoms with Gasteiger partial charge in [0.2, 0.25) is 11.8 Å². The summed E-state index contributed by atoms with van der Waals surface area (Å²) in [6.07, 6.45) is 2.96. The fourth-order valence-electron chi connectivity index (χ4n) is 1.91. The molecule has 2 fully saturated rings. The summed E-state index contributed by atoms with van der Waals surface area (Å²) in [6, 6.07) is -0.107. The topological polar surface area (TPSA) is 61.4 Å². The van der Waals surface area contributed by atoms with Gasteiger partial charge in [-0.15, -0.1) is 0 Å². The summed E-state index contributed by atoms with van der Waals surface area (Å²) in [5, 5.41) is 6.02. The van der Waals surface area contributed by atoms with E-state index in [-0.39, 0.29) is 23.9 Å². The van der Waals surface area contributed by atoms with E-state index in [0.29, 0.717) is 6.04 Å². The Kier molecular flexibility index (Phi) is 3.14. The van der Waals surface area contributed by atoms with Crippen LogP contribution in [0.5, 0.6) is 0 Å². The second-order valence-corrected chi connectivity index (χ2v) is 4.77. The van der Waals surface area contributed by atoms with Gasteiger partial charge in [-0.05, 0) is 26.2 Å². The Labute approximate surface area is 95.6 Å². The Hall–Kier alpha value is -1.10. The SMILES string of the molecule is CC(NC1CCN(C)C1=O)C(=O)NC1CC1. The minimum atomic E-state index is -0.291. The van der Waals surface area contributed by atoms with Gasteiger partial charge in [0.1, 0.15) is 0 Å². The average molecular weight is 225 g/mol. The molecule has 0 aromatic heterocycles. The number of hydrogen-bond donors (Lipinski definition) is 2. The van der Waals surface area contributed by atoms with E-state index in [0.717, 1.165) is 25.8 Å². The van der Waals surface area contributed by atoms with E-state index < -0.39 is 0 Å². The lowest BCUT2D eigenvalue weighted by Gasteiger charge is -2.18. The molecule has 2 aliphatic rings. The van der Waals surface area contributed by atoms with Crippen LogP contribution in [0.3, 0.4) is 0 Å². The molecule has 1 aliphatic heterocycles. The van der Waals surface area contributed by atoms with Crippen LogP contribution >= 0.6 is 0 Å². The minimum absolute atomic E-state index is 0.00449. The van der Waals surface area contributed by atoms with Crippen molar-refractivity contribution in [1.82, 2.24) is 15.5 Å². The second kappa shape index (κ2) is 4.41. The van der Waals surface area contributed by atoms with E-state index in [4.69, 9.17) is 0 Å². The Balaban J connectivity index is 1.79. The molecule has 16 heavy (non-hydrogen) atoms. The highest BCUT2D eigenvalue weighted by atomic mass is 16.2. The van der Waals surface area contributed by atoms with E-state index in [2.05, 4.69) is 10.6 Å². The van der Waals surface area contributed by atoms with Crippen LogP contribution in [0.4, 0.5) is 0 Å². The summed E-state index contributed by atoms with van der Waals surface area (Å²) in [5.41, 5.74) is 0. The molecule has 2 unspecified atom stereocenters. The van der Waals surface area contributed by atoms with Crippen molar-refractivity contribution in [3.8, 4) is 0 Å². The summed E-state index contributed by atoms with van der Waals surface area (Å²) in [4.78, 5) is 25.0. The molecule has 2 amide bonds. The number of rotatable bonds is 4. The van der Waals surface area contributed by atoms with Crippen LogP contribution in [-0.2, 0) is 9.59 Å². The number of carbonyl (C=O) groups is 2. The monoisotopic (exact) mass is 225 g/mol. The number of amides is 2. The Morgan fingerprint density at radius 3 is 2.62 bits per heavy atom. The first-order valence-corrected chi connectivity index (χ1v) is 5.89. The van der Waals surface area contributed by atoms with Crippen molar-refractivity contribution in [2.45, 2.75) is 44.3 Å². The molecule has 90 valence electrons. The number of hydrogen-bond acceptors (Lipinski definition) is 3. The number of carbonyl (C=O) groups excluding carboxylic acids is 2. The van der Waals surface area contributed by atoms with E-state index >= 15 is 0 Å². The van der Waals surface area contributed by atoms with Gasteiger partial charge in [0.05, 0.1) is 12.1 Å². The zero-order valence-corrected chi connectivity index (χ0v) is 9.82. The van der Waals surface area contributed by atoms with Crippen molar-refractivity contribution in [3.05, 3.63) is 0 Å². The van der Waals surface area contributed by atoms with Crippen LogP contribution < -0.4 is 10.6 Å². The minimum Gasteiger partial charge on any atom is -0.352 e. The van der Waals surface area contributed by atoms with Crippen LogP contribution in [0.25, 0.3) is 0 Å². The molecule has 0 bridgehead atoms. The molecule has 5 heteroatoms. The lowest BCUT2D eigenvalue weighted by molar-refractivity contribution is -0.129. The van der Waals surface area contributed by atoms with Gasteiger partial charge in [-0.1, -0.05) is 0 Å². The van der Waals surface area contributed by atoms with Gasteiger partial charge in [-0.2, -0.15) is 0 Å². The molecule has 0 aromatic carbocycles. The number of nitrogens with zero attached hydrogens (tertiary/aromatic N) is 1. The molecule has 1 saturated carbocycles. The molecule has 2 atom stereocenters. The normalized spacial score (nSPS) is 27.0. The van der Waals surface area contributed by atoms with Crippen molar-refractivity contribution >= 4 is 11.8 Å². The fourth-order valence-corrected chi connectivity index (χ4v) is 1.91. The first kappa shape index (κ1) is 11.4. The van der Waals surface area contributed by atoms with Gasteiger partial charge in [0.25, 0.3) is 0 Å². The number of likely N-dealkylation sites (N-methyl/N-ethyl adjacent to an activating group) is 1. The van der Waals surface area contributed by atoms with Gasteiger partial charge in [0, 0.05) is 19.6 Å². The van der Waals surface area contributed by atoms with Crippen molar-refractivity contribution in [2.75, 3.05) is 13.6 Å². The van der Waals surface area contributed by atoms with E-state index in [1.54, 1.807) is 11.9 Å². The fraction of sp³-hybridized carbons (Fsp3) is 0.818. The van der Waals surface area contributed by atoms with E-state index in [1.165, 1.54) is 0 Å². The molecule has 2 rings (SSSR count). The van der Waals surface area contributed by atoms with Crippen LogP contribution in [0.1, 0.15) is 26.2 Å². The molecule has 1 aliphatic carbocycles. The molecule has 1 saturated heterocycles. The zero-order chi connectivity index (χ0) is 11.7. The Morgan fingerprint density at radius 1 is 1.44 bits per heavy atom. The third-order valence-electron chi connectivity index (χ3n) is 3.20. The highest BCUT2D eigenvalue weighted by molar-refractivity contribution is 5.86. The van der Waals surface area contributed by atoms with Gasteiger partial charge in [-0.3, -0.25) is 14.9 Å². The average Bonchev–Trinajstić information content (AvgIpc) is 3.00. The Morgan fingerprint density at radius 2 is 2.12 bits per heavy atom. The van der Waals surface area contributed by atoms with Crippen molar-refractivity contribution in [1.29, 1.82) is 0 Å². The van der Waals surface area contributed by atoms with Gasteiger partial charge in [-0.25, -0.2) is 0 Å². The zero-order valence-electron chi connectivity index (χ0n) is 9.82. The summed E-state index contributed by atoms with van der Waals surface area (Å²) in [6.45, 7) is 2.58. The predicted molar refractivity (Wildman–Crippen MR) is 59.8 cm³/mol. The largest absolute Gasteiger partial charge is 0.352 e. The summed E-state index contributed by atoms with van der Waals surface area (Å²) in [7, 11) is 1.79.